The smallest absolute Gasteiger partial charge is 0.248 e. The molecular weight excluding hydrogens is 300 g/mol. The number of Topliss-reactive ketones (excluding diaryl/α,β-unsaturated/α-hetero) is 1. The van der Waals surface area contributed by atoms with Crippen LogP contribution in [0.4, 0.5) is 0 Å². The quantitative estimate of drug-likeness (QED) is 0.920. The number of benzene rings is 2. The van der Waals surface area contributed by atoms with Crippen LogP contribution >= 0.6 is 0 Å². The number of amides is 1. The summed E-state index contributed by atoms with van der Waals surface area (Å²) < 4.78 is 0. The number of carbonyl (C=O) groups is 2. The minimum Gasteiger partial charge on any atom is -0.366 e. The van der Waals surface area contributed by atoms with Gasteiger partial charge >= 0.3 is 0 Å². The Morgan fingerprint density at radius 1 is 1.04 bits per heavy atom. The first-order valence-corrected chi connectivity index (χ1v) is 7.88. The maximum absolute atomic E-state index is 12.7. The first-order chi connectivity index (χ1) is 11.7. The van der Waals surface area contributed by atoms with Crippen LogP contribution in [0.1, 0.15) is 27.9 Å². The van der Waals surface area contributed by atoms with Crippen LogP contribution in [0.25, 0.3) is 0 Å². The Labute approximate surface area is 140 Å². The van der Waals surface area contributed by atoms with E-state index in [1.165, 1.54) is 0 Å². The number of aliphatic imine (C=N–C) groups is 1. The summed E-state index contributed by atoms with van der Waals surface area (Å²) in [6.07, 6.45) is 4.74. The average molecular weight is 318 g/mol. The second-order valence-corrected chi connectivity index (χ2v) is 5.72. The SMILES string of the molecule is NC(=O)c1ccccc1CCC1C=CN=C(c2ccccc2)C1=O. The van der Waals surface area contributed by atoms with Crippen molar-refractivity contribution < 1.29 is 9.59 Å². The standard InChI is InChI=1S/C20H18N2O2/c21-20(24)17-9-5-4-6-14(17)10-11-16-12-13-22-18(19(16)23)15-7-2-1-3-8-15/h1-9,12-13,16H,10-11H2,(H2,21,24). The minimum absolute atomic E-state index is 0.0141. The molecule has 1 aliphatic heterocycles. The lowest BCUT2D eigenvalue weighted by atomic mass is 9.88. The molecular formula is C20H18N2O2. The second-order valence-electron chi connectivity index (χ2n) is 5.72. The molecule has 0 radical (unpaired) electrons. The van der Waals surface area contributed by atoms with Crippen LogP contribution in [0, 0.1) is 5.92 Å². The highest BCUT2D eigenvalue weighted by Crippen LogP contribution is 2.20. The van der Waals surface area contributed by atoms with Crippen LogP contribution in [0.15, 0.2) is 71.9 Å². The summed E-state index contributed by atoms with van der Waals surface area (Å²) >= 11 is 0. The van der Waals surface area contributed by atoms with Gasteiger partial charge in [0, 0.05) is 23.2 Å². The Morgan fingerprint density at radius 3 is 2.50 bits per heavy atom. The third kappa shape index (κ3) is 3.33. The fraction of sp³-hybridized carbons (Fsp3) is 0.150. The zero-order valence-corrected chi connectivity index (χ0v) is 13.2. The lowest BCUT2D eigenvalue weighted by Gasteiger charge is -2.17. The Morgan fingerprint density at radius 2 is 1.75 bits per heavy atom. The third-order valence-electron chi connectivity index (χ3n) is 4.15. The fourth-order valence-corrected chi connectivity index (χ4v) is 2.88. The van der Waals surface area contributed by atoms with Gasteiger partial charge in [0.1, 0.15) is 5.71 Å². The molecule has 4 nitrogen and oxygen atoms in total. The van der Waals surface area contributed by atoms with Crippen molar-refractivity contribution in [1.29, 1.82) is 0 Å². The van der Waals surface area contributed by atoms with E-state index in [-0.39, 0.29) is 11.7 Å². The molecule has 3 rings (SSSR count). The Bertz CT molecular complexity index is 823. The second kappa shape index (κ2) is 7.04. The minimum atomic E-state index is -0.442. The topological polar surface area (TPSA) is 72.5 Å². The predicted molar refractivity (Wildman–Crippen MR) is 93.9 cm³/mol. The summed E-state index contributed by atoms with van der Waals surface area (Å²) in [6, 6.07) is 16.7. The molecule has 120 valence electrons. The molecule has 0 aromatic heterocycles. The summed E-state index contributed by atoms with van der Waals surface area (Å²) in [5.74, 6) is -0.665. The molecule has 4 heteroatoms. The average Bonchev–Trinajstić information content (AvgIpc) is 2.62. The normalized spacial score (nSPS) is 16.8. The number of ketones is 1. The molecule has 0 saturated carbocycles. The van der Waals surface area contributed by atoms with Gasteiger partial charge in [-0.3, -0.25) is 14.6 Å². The van der Waals surface area contributed by atoms with Crippen LogP contribution in [0.2, 0.25) is 0 Å². The number of allylic oxidation sites excluding steroid dienone is 1. The molecule has 2 aromatic rings. The van der Waals surface area contributed by atoms with Gasteiger partial charge in [-0.15, -0.1) is 0 Å². The highest BCUT2D eigenvalue weighted by molar-refractivity contribution is 6.47. The molecule has 1 atom stereocenters. The van der Waals surface area contributed by atoms with Crippen LogP contribution in [-0.4, -0.2) is 17.4 Å². The molecule has 1 heterocycles. The number of rotatable bonds is 5. The van der Waals surface area contributed by atoms with Gasteiger partial charge in [-0.25, -0.2) is 0 Å². The first kappa shape index (κ1) is 15.9. The van der Waals surface area contributed by atoms with Crippen molar-refractivity contribution in [2.24, 2.45) is 16.6 Å². The summed E-state index contributed by atoms with van der Waals surface area (Å²) in [4.78, 5) is 28.4. The fourth-order valence-electron chi connectivity index (χ4n) is 2.88. The van der Waals surface area contributed by atoms with Crippen molar-refractivity contribution in [2.45, 2.75) is 12.8 Å². The maximum atomic E-state index is 12.7. The van der Waals surface area contributed by atoms with Crippen molar-refractivity contribution >= 4 is 17.4 Å². The summed E-state index contributed by atoms with van der Waals surface area (Å²) in [5, 5.41) is 0. The Kier molecular flexibility index (Phi) is 4.66. The van der Waals surface area contributed by atoms with E-state index in [0.717, 1.165) is 11.1 Å². The molecule has 1 unspecified atom stereocenters. The van der Waals surface area contributed by atoms with Gasteiger partial charge < -0.3 is 5.73 Å². The lowest BCUT2D eigenvalue weighted by molar-refractivity contribution is -0.115. The van der Waals surface area contributed by atoms with E-state index in [0.29, 0.717) is 24.1 Å². The summed E-state index contributed by atoms with van der Waals surface area (Å²) in [5.41, 5.74) is 8.12. The van der Waals surface area contributed by atoms with E-state index in [4.69, 9.17) is 5.73 Å². The molecule has 24 heavy (non-hydrogen) atoms. The summed E-state index contributed by atoms with van der Waals surface area (Å²) in [7, 11) is 0. The van der Waals surface area contributed by atoms with Gasteiger partial charge in [0.15, 0.2) is 5.78 Å². The third-order valence-corrected chi connectivity index (χ3v) is 4.15. The molecule has 0 bridgehead atoms. The zero-order chi connectivity index (χ0) is 16.9. The highest BCUT2D eigenvalue weighted by atomic mass is 16.1. The first-order valence-electron chi connectivity index (χ1n) is 7.88. The van der Waals surface area contributed by atoms with Gasteiger partial charge in [0.2, 0.25) is 5.91 Å². The number of nitrogens with two attached hydrogens (primary N) is 1. The Hall–Kier alpha value is -3.01. The van der Waals surface area contributed by atoms with Crippen molar-refractivity contribution in [3.63, 3.8) is 0 Å². The Balaban J connectivity index is 1.74. The number of carbonyl (C=O) groups excluding carboxylic acids is 2. The van der Waals surface area contributed by atoms with Gasteiger partial charge in [-0.1, -0.05) is 54.6 Å². The van der Waals surface area contributed by atoms with Gasteiger partial charge in [-0.05, 0) is 24.5 Å². The molecule has 0 aliphatic carbocycles. The van der Waals surface area contributed by atoms with E-state index in [1.54, 1.807) is 18.3 Å². The molecule has 0 fully saturated rings. The van der Waals surface area contributed by atoms with Crippen molar-refractivity contribution in [3.8, 4) is 0 Å². The predicted octanol–water partition coefficient (Wildman–Crippen LogP) is 2.92. The van der Waals surface area contributed by atoms with E-state index >= 15 is 0 Å². The van der Waals surface area contributed by atoms with E-state index in [9.17, 15) is 9.59 Å². The number of nitrogens with zero attached hydrogens (tertiary/aromatic N) is 1. The van der Waals surface area contributed by atoms with Crippen molar-refractivity contribution in [1.82, 2.24) is 0 Å². The van der Waals surface area contributed by atoms with Gasteiger partial charge in [0.25, 0.3) is 0 Å². The number of primary amides is 1. The van der Waals surface area contributed by atoms with Crippen LogP contribution < -0.4 is 5.73 Å². The molecule has 2 N–H and O–H groups in total. The van der Waals surface area contributed by atoms with Crippen molar-refractivity contribution in [3.05, 3.63) is 83.6 Å². The molecule has 0 spiro atoms. The van der Waals surface area contributed by atoms with E-state index in [2.05, 4.69) is 4.99 Å². The van der Waals surface area contributed by atoms with Crippen LogP contribution in [0.5, 0.6) is 0 Å². The van der Waals surface area contributed by atoms with E-state index in [1.807, 2.05) is 48.5 Å². The number of aryl methyl sites for hydroxylation is 1. The molecule has 1 amide bonds. The molecule has 1 aliphatic rings. The number of hydrogen-bond acceptors (Lipinski definition) is 3. The maximum Gasteiger partial charge on any atom is 0.248 e. The molecule has 2 aromatic carbocycles. The van der Waals surface area contributed by atoms with Crippen LogP contribution in [-0.2, 0) is 11.2 Å². The summed E-state index contributed by atoms with van der Waals surface area (Å²) in [6.45, 7) is 0. The zero-order valence-electron chi connectivity index (χ0n) is 13.2. The van der Waals surface area contributed by atoms with Crippen molar-refractivity contribution in [2.75, 3.05) is 0 Å². The highest BCUT2D eigenvalue weighted by Gasteiger charge is 2.25. The molecule has 0 saturated heterocycles. The van der Waals surface area contributed by atoms with Crippen LogP contribution in [0.3, 0.4) is 0 Å². The lowest BCUT2D eigenvalue weighted by Crippen LogP contribution is -2.26. The van der Waals surface area contributed by atoms with E-state index < -0.39 is 5.91 Å². The monoisotopic (exact) mass is 318 g/mol. The van der Waals surface area contributed by atoms with Gasteiger partial charge in [-0.2, -0.15) is 0 Å². The van der Waals surface area contributed by atoms with Gasteiger partial charge in [0.05, 0.1) is 0 Å². The number of hydrogen-bond donors (Lipinski definition) is 1. The largest absolute Gasteiger partial charge is 0.366 e.